The summed E-state index contributed by atoms with van der Waals surface area (Å²) >= 11 is 0. The Morgan fingerprint density at radius 1 is 0.446 bits per heavy atom. The molecule has 0 aliphatic carbocycles. The minimum Gasteiger partial charge on any atom is -0.360 e. The summed E-state index contributed by atoms with van der Waals surface area (Å²) in [5.74, 6) is 1.37. The molecule has 4 aromatic carbocycles. The molecule has 0 radical (unpaired) electrons. The van der Waals surface area contributed by atoms with Crippen molar-refractivity contribution in [3.8, 4) is 22.3 Å². The summed E-state index contributed by atoms with van der Waals surface area (Å²) in [6.45, 7) is 4.10. The number of hydrogen-bond acceptors (Lipinski definition) is 12. The van der Waals surface area contributed by atoms with Gasteiger partial charge in [-0.3, -0.25) is 0 Å². The molecule has 272 valence electrons. The predicted molar refractivity (Wildman–Crippen MR) is 217 cm³/mol. The van der Waals surface area contributed by atoms with Crippen molar-refractivity contribution in [2.45, 2.75) is 25.9 Å². The number of aromatic amines is 2. The molecule has 0 spiro atoms. The molecule has 2 atom stereocenters. The maximum Gasteiger partial charge on any atom is 0.182 e. The zero-order valence-corrected chi connectivity index (χ0v) is 30.3. The average molecular weight is 735 g/mol. The van der Waals surface area contributed by atoms with Gasteiger partial charge < -0.3 is 20.6 Å². The maximum atomic E-state index is 4.57. The molecular weight excluding hydrogens is 701 g/mol. The van der Waals surface area contributed by atoms with E-state index in [4.69, 9.17) is 0 Å². The number of imidazole rings is 2. The van der Waals surface area contributed by atoms with E-state index in [1.807, 2.05) is 72.8 Å². The highest BCUT2D eigenvalue weighted by Gasteiger charge is 2.21. The summed E-state index contributed by atoms with van der Waals surface area (Å²) in [6.07, 6.45) is 6.23. The van der Waals surface area contributed by atoms with Crippen LogP contribution in [0.2, 0.25) is 0 Å². The van der Waals surface area contributed by atoms with Crippen LogP contribution in [0.4, 0.5) is 11.6 Å². The summed E-state index contributed by atoms with van der Waals surface area (Å²) in [5, 5.41) is 27.0. The number of rotatable bonds is 8. The lowest BCUT2D eigenvalue weighted by molar-refractivity contribution is 0.806. The SMILES string of the molecule is C[C@@H](Nc1ncnc2nc[nH]c12)c1nnc2ccccc2c1-c1ccccc1.C[C@H](Nc1ncnc2nc[nH]c12)c1nnc2ccccc2c1-c1ccccc1. The highest BCUT2D eigenvalue weighted by atomic mass is 15.2. The molecule has 14 nitrogen and oxygen atoms in total. The third-order valence-electron chi connectivity index (χ3n) is 9.49. The molecule has 10 rings (SSSR count). The van der Waals surface area contributed by atoms with E-state index in [-0.39, 0.29) is 12.1 Å². The van der Waals surface area contributed by atoms with Crippen LogP contribution in [0.25, 0.3) is 66.4 Å². The summed E-state index contributed by atoms with van der Waals surface area (Å²) in [6, 6.07) is 36.4. The summed E-state index contributed by atoms with van der Waals surface area (Å²) in [7, 11) is 0. The molecular formula is C42H34N14. The normalized spacial score (nSPS) is 12.3. The fraction of sp³-hybridized carbons (Fsp3) is 0.0952. The highest BCUT2D eigenvalue weighted by Crippen LogP contribution is 2.36. The molecule has 0 aliphatic heterocycles. The number of aromatic nitrogens is 12. The lowest BCUT2D eigenvalue weighted by atomic mass is 9.96. The maximum absolute atomic E-state index is 4.57. The number of benzene rings is 4. The van der Waals surface area contributed by atoms with E-state index in [0.717, 1.165) is 66.5 Å². The molecule has 56 heavy (non-hydrogen) atoms. The van der Waals surface area contributed by atoms with E-state index in [0.29, 0.717) is 22.9 Å². The Labute approximate surface area is 320 Å². The van der Waals surface area contributed by atoms with E-state index < -0.39 is 0 Å². The van der Waals surface area contributed by atoms with E-state index >= 15 is 0 Å². The molecule has 10 aromatic rings. The number of nitrogens with zero attached hydrogens (tertiary/aromatic N) is 10. The summed E-state index contributed by atoms with van der Waals surface area (Å²) < 4.78 is 0. The van der Waals surface area contributed by atoms with Crippen molar-refractivity contribution in [3.05, 3.63) is 146 Å². The van der Waals surface area contributed by atoms with Gasteiger partial charge in [-0.1, -0.05) is 97.1 Å². The van der Waals surface area contributed by atoms with Crippen LogP contribution in [0, 0.1) is 0 Å². The quantitative estimate of drug-likeness (QED) is 0.117. The van der Waals surface area contributed by atoms with Crippen LogP contribution in [-0.2, 0) is 0 Å². The van der Waals surface area contributed by atoms with Crippen molar-refractivity contribution < 1.29 is 0 Å². The molecule has 0 unspecified atom stereocenters. The topological polar surface area (TPSA) is 185 Å². The number of fused-ring (bicyclic) bond motifs is 4. The van der Waals surface area contributed by atoms with E-state index in [9.17, 15) is 0 Å². The standard InChI is InChI=1S/2C21H17N7/c2*1-13(26-21-19-20(23-11-22-19)24-12-25-21)18-17(14-7-3-2-4-8-14)15-9-5-6-10-16(15)27-28-18/h2*2-13H,1H3,(H2,22,23,24,25,26)/t2*13-/m10/s1. The minimum absolute atomic E-state index is 0.131. The van der Waals surface area contributed by atoms with Crippen LogP contribution in [0.1, 0.15) is 37.3 Å². The lowest BCUT2D eigenvalue weighted by Gasteiger charge is -2.18. The Kier molecular flexibility index (Phi) is 9.09. The van der Waals surface area contributed by atoms with Gasteiger partial charge in [0.2, 0.25) is 0 Å². The Balaban J connectivity index is 0.000000146. The van der Waals surface area contributed by atoms with Crippen LogP contribution in [0.5, 0.6) is 0 Å². The monoisotopic (exact) mass is 734 g/mol. The van der Waals surface area contributed by atoms with Crippen molar-refractivity contribution in [2.24, 2.45) is 0 Å². The number of nitrogens with one attached hydrogen (secondary N) is 4. The molecule has 0 amide bonds. The van der Waals surface area contributed by atoms with Gasteiger partial charge in [-0.15, -0.1) is 0 Å². The van der Waals surface area contributed by atoms with Crippen LogP contribution >= 0.6 is 0 Å². The van der Waals surface area contributed by atoms with Gasteiger partial charge in [0.1, 0.15) is 23.7 Å². The highest BCUT2D eigenvalue weighted by molar-refractivity contribution is 5.96. The van der Waals surface area contributed by atoms with E-state index in [2.05, 4.69) is 121 Å². The fourth-order valence-electron chi connectivity index (χ4n) is 6.85. The molecule has 14 heteroatoms. The molecule has 6 heterocycles. The zero-order valence-electron chi connectivity index (χ0n) is 30.3. The Morgan fingerprint density at radius 2 is 0.857 bits per heavy atom. The Hall–Kier alpha value is -7.74. The smallest absolute Gasteiger partial charge is 0.182 e. The first-order valence-corrected chi connectivity index (χ1v) is 18.0. The van der Waals surface area contributed by atoms with Crippen LogP contribution in [0.3, 0.4) is 0 Å². The lowest BCUT2D eigenvalue weighted by Crippen LogP contribution is -2.13. The molecule has 0 fully saturated rings. The first-order chi connectivity index (χ1) is 27.6. The van der Waals surface area contributed by atoms with Crippen LogP contribution < -0.4 is 10.6 Å². The number of anilines is 2. The zero-order chi connectivity index (χ0) is 37.8. The van der Waals surface area contributed by atoms with E-state index in [1.54, 1.807) is 12.7 Å². The van der Waals surface area contributed by atoms with Crippen LogP contribution in [0.15, 0.2) is 135 Å². The fourth-order valence-corrected chi connectivity index (χ4v) is 6.85. The molecule has 0 saturated heterocycles. The third-order valence-corrected chi connectivity index (χ3v) is 9.49. The van der Waals surface area contributed by atoms with Gasteiger partial charge in [-0.25, -0.2) is 29.9 Å². The van der Waals surface area contributed by atoms with Gasteiger partial charge in [0.15, 0.2) is 22.9 Å². The second kappa shape index (κ2) is 14.9. The van der Waals surface area contributed by atoms with Gasteiger partial charge in [-0.05, 0) is 37.1 Å². The second-order valence-electron chi connectivity index (χ2n) is 13.1. The average Bonchev–Trinajstić information content (AvgIpc) is 3.95. The van der Waals surface area contributed by atoms with Gasteiger partial charge in [-0.2, -0.15) is 20.4 Å². The van der Waals surface area contributed by atoms with Gasteiger partial charge in [0.05, 0.1) is 47.2 Å². The second-order valence-corrected chi connectivity index (χ2v) is 13.1. The first kappa shape index (κ1) is 34.1. The molecule has 4 N–H and O–H groups in total. The summed E-state index contributed by atoms with van der Waals surface area (Å²) in [4.78, 5) is 31.6. The molecule has 6 aromatic heterocycles. The first-order valence-electron chi connectivity index (χ1n) is 18.0. The largest absolute Gasteiger partial charge is 0.360 e. The molecule has 0 aliphatic rings. The van der Waals surface area contributed by atoms with Crippen LogP contribution in [-0.4, -0.2) is 60.3 Å². The van der Waals surface area contributed by atoms with Gasteiger partial charge in [0.25, 0.3) is 0 Å². The van der Waals surface area contributed by atoms with Gasteiger partial charge >= 0.3 is 0 Å². The van der Waals surface area contributed by atoms with Crippen molar-refractivity contribution >= 4 is 55.8 Å². The Bertz CT molecular complexity index is 2730. The third kappa shape index (κ3) is 6.55. The number of hydrogen-bond donors (Lipinski definition) is 4. The predicted octanol–water partition coefficient (Wildman–Crippen LogP) is 8.27. The summed E-state index contributed by atoms with van der Waals surface area (Å²) in [5.41, 5.74) is 10.6. The number of H-pyrrole nitrogens is 2. The van der Waals surface area contributed by atoms with Crippen molar-refractivity contribution in [3.63, 3.8) is 0 Å². The van der Waals surface area contributed by atoms with E-state index in [1.165, 1.54) is 12.7 Å². The van der Waals surface area contributed by atoms with Crippen molar-refractivity contribution in [2.75, 3.05) is 10.6 Å². The van der Waals surface area contributed by atoms with Gasteiger partial charge in [0, 0.05) is 21.9 Å². The minimum atomic E-state index is -0.131. The molecule has 0 saturated carbocycles. The molecule has 0 bridgehead atoms. The van der Waals surface area contributed by atoms with Crippen molar-refractivity contribution in [1.82, 2.24) is 60.3 Å². The van der Waals surface area contributed by atoms with Crippen molar-refractivity contribution in [1.29, 1.82) is 0 Å². The Morgan fingerprint density at radius 3 is 1.30 bits per heavy atom.